The number of rotatable bonds is 14. The van der Waals surface area contributed by atoms with Gasteiger partial charge in [-0.3, -0.25) is 53.3 Å². The van der Waals surface area contributed by atoms with E-state index in [-0.39, 0.29) is 100 Å². The number of primary amides is 1. The fourth-order valence-electron chi connectivity index (χ4n) is 12.2. The number of carboxylic acid groups (broad SMARTS) is 5. The van der Waals surface area contributed by atoms with Gasteiger partial charge in [0.25, 0.3) is 0 Å². The van der Waals surface area contributed by atoms with Crippen LogP contribution in [0, 0.1) is 52.3 Å². The van der Waals surface area contributed by atoms with Crippen molar-refractivity contribution in [2.45, 2.75) is 121 Å². The van der Waals surface area contributed by atoms with Crippen molar-refractivity contribution in [3.63, 3.8) is 0 Å². The average Bonchev–Trinajstić information content (AvgIpc) is 3.84. The largest absolute Gasteiger partial charge is 0.481 e. The van der Waals surface area contributed by atoms with Crippen LogP contribution >= 0.6 is 0 Å². The smallest absolute Gasteiger partial charge is 0.304 e. The molecule has 9 N–H and O–H groups in total. The molecule has 8 bridgehead atoms. The molecular weight excluding hydrogens is 784 g/mol. The third kappa shape index (κ3) is 7.16. The van der Waals surface area contributed by atoms with Gasteiger partial charge in [0.05, 0.1) is 42.3 Å². The van der Waals surface area contributed by atoms with Crippen molar-refractivity contribution >= 4 is 64.6 Å². The molecule has 2 saturated heterocycles. The van der Waals surface area contributed by atoms with E-state index in [9.17, 15) is 63.9 Å². The molecule has 19 nitrogen and oxygen atoms in total. The Labute approximate surface area is 344 Å². The molecule has 60 heavy (non-hydrogen) atoms. The number of nitrogens with zero attached hydrogens (tertiary/aromatic N) is 3. The number of nitrogens with two attached hydrogens (primary N) is 1. The number of nitrogens with one attached hydrogen (secondary N) is 2. The van der Waals surface area contributed by atoms with Crippen molar-refractivity contribution in [3.05, 3.63) is 11.8 Å². The standard InChI is InChI=1S/C41H52N6O13/c1-39-16-29(49)47-41(39)15-26-22(6-10-32(54)55)40(2,38(42)60)28(43-26)14-24-20(12-34(58)59)17-3-7-27(48)35(36(17)45-24)37-18(4-8-30(50)51)19(11-33(56)57)23(44-37)13-25(46-41)21(39)5-9-31(52)53/h13,17-22,24,26,35,37,46H,3-12,14-16H2,1-2H3,(H2,42,60)(H,47,49)(H,50,51)(H,52,53)(H,54,55)(H,56,57)(H,58,59). The minimum atomic E-state index is -1.54. The Kier molecular flexibility index (Phi) is 11.0. The predicted molar refractivity (Wildman–Crippen MR) is 209 cm³/mol. The summed E-state index contributed by atoms with van der Waals surface area (Å²) in [5.74, 6) is -12.4. The highest BCUT2D eigenvalue weighted by atomic mass is 16.4. The Morgan fingerprint density at radius 1 is 0.800 bits per heavy atom. The first-order valence-electron chi connectivity index (χ1n) is 20.6. The molecule has 324 valence electrons. The molecule has 6 heterocycles. The van der Waals surface area contributed by atoms with Crippen LogP contribution in [0.3, 0.4) is 0 Å². The van der Waals surface area contributed by atoms with E-state index < -0.39 is 118 Å². The highest BCUT2D eigenvalue weighted by molar-refractivity contribution is 6.13. The molecule has 0 radical (unpaired) electrons. The van der Waals surface area contributed by atoms with Crippen molar-refractivity contribution in [2.24, 2.45) is 73.0 Å². The molecule has 1 aliphatic carbocycles. The van der Waals surface area contributed by atoms with E-state index in [4.69, 9.17) is 20.7 Å². The first-order chi connectivity index (χ1) is 28.2. The minimum Gasteiger partial charge on any atom is -0.481 e. The molecule has 3 fully saturated rings. The average molecular weight is 837 g/mol. The van der Waals surface area contributed by atoms with Gasteiger partial charge in [0.15, 0.2) is 0 Å². The van der Waals surface area contributed by atoms with Crippen molar-refractivity contribution in [3.8, 4) is 0 Å². The first-order valence-corrected chi connectivity index (χ1v) is 20.6. The zero-order valence-electron chi connectivity index (χ0n) is 33.5. The van der Waals surface area contributed by atoms with Crippen LogP contribution in [0.2, 0.25) is 0 Å². The number of hydrogen-bond acceptors (Lipinski definition) is 12. The summed E-state index contributed by atoms with van der Waals surface area (Å²) in [4.78, 5) is 118. The number of carbonyl (C=O) groups is 8. The molecule has 19 heteroatoms. The number of allylic oxidation sites excluding steroid dienone is 2. The lowest BCUT2D eigenvalue weighted by Crippen LogP contribution is -2.59. The molecule has 1 saturated carbocycles. The third-order valence-electron chi connectivity index (χ3n) is 15.1. The van der Waals surface area contributed by atoms with Crippen molar-refractivity contribution in [1.29, 1.82) is 0 Å². The number of fused-ring (bicyclic) bond motifs is 5. The second-order valence-corrected chi connectivity index (χ2v) is 18.2. The highest BCUT2D eigenvalue weighted by Crippen LogP contribution is 2.59. The van der Waals surface area contributed by atoms with Gasteiger partial charge in [-0.2, -0.15) is 0 Å². The summed E-state index contributed by atoms with van der Waals surface area (Å²) in [5.41, 5.74) is 3.62. The number of ketones is 1. The molecule has 6 aliphatic heterocycles. The SMILES string of the molecule is CC1(C(N)=O)C2=NC(CC34NC(=O)CC3(C)C(CCC(=O)O)C(=CC3=NC(C5C(=O)CCC6C5=NC(C2)C6CC(=O)O)C(CCC(=O)O)C3CC(=O)O)N4)C1CCC(=O)O. The van der Waals surface area contributed by atoms with E-state index >= 15 is 0 Å². The van der Waals surface area contributed by atoms with Crippen LogP contribution in [0.15, 0.2) is 26.8 Å². The van der Waals surface area contributed by atoms with Gasteiger partial charge in [-0.15, -0.1) is 0 Å². The van der Waals surface area contributed by atoms with E-state index in [2.05, 4.69) is 10.6 Å². The van der Waals surface area contributed by atoms with Gasteiger partial charge in [0, 0.05) is 103 Å². The van der Waals surface area contributed by atoms with Crippen LogP contribution in [0.25, 0.3) is 0 Å². The maximum atomic E-state index is 14.2. The Bertz CT molecular complexity index is 2060. The van der Waals surface area contributed by atoms with E-state index in [0.29, 0.717) is 11.4 Å². The number of carboxylic acids is 5. The molecule has 13 unspecified atom stereocenters. The number of aliphatic imine (C=N–C) groups is 3. The van der Waals surface area contributed by atoms with Crippen LogP contribution in [0.1, 0.15) is 97.3 Å². The predicted octanol–water partition coefficient (Wildman–Crippen LogP) is 1.67. The van der Waals surface area contributed by atoms with Crippen molar-refractivity contribution < 1.29 is 63.9 Å². The third-order valence-corrected chi connectivity index (χ3v) is 15.1. The lowest BCUT2D eigenvalue weighted by molar-refractivity contribution is -0.139. The number of Topliss-reactive ketones (excluding diaryl/α,β-unsaturated/α-hetero) is 1. The summed E-state index contributed by atoms with van der Waals surface area (Å²) in [6.07, 6.45) is -0.0518. The van der Waals surface area contributed by atoms with Gasteiger partial charge in [-0.1, -0.05) is 6.92 Å². The summed E-state index contributed by atoms with van der Waals surface area (Å²) in [6, 6.07) is -2.63. The van der Waals surface area contributed by atoms with Crippen LogP contribution in [-0.4, -0.2) is 114 Å². The molecule has 7 aliphatic rings. The number of hydrogen-bond donors (Lipinski definition) is 8. The van der Waals surface area contributed by atoms with Crippen LogP contribution in [0.5, 0.6) is 0 Å². The summed E-state index contributed by atoms with van der Waals surface area (Å²) in [7, 11) is 0. The monoisotopic (exact) mass is 836 g/mol. The van der Waals surface area contributed by atoms with Crippen molar-refractivity contribution in [2.75, 3.05) is 0 Å². The van der Waals surface area contributed by atoms with Gasteiger partial charge in [-0.25, -0.2) is 0 Å². The fraction of sp³-hybridized carbons (Fsp3) is 0.683. The van der Waals surface area contributed by atoms with E-state index in [1.54, 1.807) is 13.0 Å². The molecule has 7 rings (SSSR count). The van der Waals surface area contributed by atoms with Crippen molar-refractivity contribution in [1.82, 2.24) is 10.6 Å². The minimum absolute atomic E-state index is 0.00135. The summed E-state index contributed by atoms with van der Waals surface area (Å²) >= 11 is 0. The number of carbonyl (C=O) groups excluding carboxylic acids is 3. The topological polar surface area (TPSA) is 325 Å². The molecule has 2 amide bonds. The zero-order chi connectivity index (χ0) is 43.6. The number of aliphatic carboxylic acids is 5. The maximum absolute atomic E-state index is 14.2. The van der Waals surface area contributed by atoms with E-state index in [1.165, 1.54) is 0 Å². The Balaban J connectivity index is 1.48. The van der Waals surface area contributed by atoms with Gasteiger partial charge in [0.1, 0.15) is 11.4 Å². The lowest BCUT2D eigenvalue weighted by Gasteiger charge is -2.42. The Morgan fingerprint density at radius 3 is 2.08 bits per heavy atom. The number of amides is 2. The van der Waals surface area contributed by atoms with Gasteiger partial charge in [-0.05, 0) is 44.6 Å². The first kappa shape index (κ1) is 42.6. The molecule has 0 aromatic heterocycles. The summed E-state index contributed by atoms with van der Waals surface area (Å²) in [5, 5.41) is 56.6. The normalized spacial score (nSPS) is 38.8. The fourth-order valence-corrected chi connectivity index (χ4v) is 12.2. The molecule has 0 aromatic carbocycles. The van der Waals surface area contributed by atoms with E-state index in [0.717, 1.165) is 0 Å². The summed E-state index contributed by atoms with van der Waals surface area (Å²) in [6.45, 7) is 3.42. The zero-order valence-corrected chi connectivity index (χ0v) is 33.5. The quantitative estimate of drug-likeness (QED) is 0.123. The maximum Gasteiger partial charge on any atom is 0.304 e. The molecule has 1 spiro atoms. The molecule has 0 aromatic rings. The molecule has 13 atom stereocenters. The highest BCUT2D eigenvalue weighted by Gasteiger charge is 2.67. The Morgan fingerprint density at radius 2 is 1.45 bits per heavy atom. The van der Waals surface area contributed by atoms with Crippen LogP contribution in [0.4, 0.5) is 0 Å². The summed E-state index contributed by atoms with van der Waals surface area (Å²) < 4.78 is 0. The van der Waals surface area contributed by atoms with Crippen LogP contribution < -0.4 is 16.4 Å². The van der Waals surface area contributed by atoms with Crippen LogP contribution in [-0.2, 0) is 38.4 Å². The lowest BCUT2D eigenvalue weighted by atomic mass is 9.63. The second kappa shape index (κ2) is 15.5. The van der Waals surface area contributed by atoms with Gasteiger partial charge < -0.3 is 41.9 Å². The van der Waals surface area contributed by atoms with E-state index in [1.807, 2.05) is 6.92 Å². The Hall–Kier alpha value is -5.49. The van der Waals surface area contributed by atoms with Gasteiger partial charge >= 0.3 is 29.8 Å². The second-order valence-electron chi connectivity index (χ2n) is 18.2. The molecular formula is C41H52N6O13. The van der Waals surface area contributed by atoms with Gasteiger partial charge in [0.2, 0.25) is 11.8 Å².